The lowest BCUT2D eigenvalue weighted by atomic mass is 9.68. The molecule has 2 aliphatic rings. The van der Waals surface area contributed by atoms with Gasteiger partial charge in [-0.05, 0) is 81.3 Å². The SMILES string of the molecule is CCCC1CCC(C2CCC(CC(=O)c3ccc(OCC)c(CF)c3O)CC2)CC1. The highest BCUT2D eigenvalue weighted by molar-refractivity contribution is 5.99. The number of halogens is 1. The van der Waals surface area contributed by atoms with Crippen LogP contribution in [0, 0.1) is 23.7 Å². The van der Waals surface area contributed by atoms with Crippen LogP contribution < -0.4 is 4.74 Å². The first kappa shape index (κ1) is 23.1. The van der Waals surface area contributed by atoms with Gasteiger partial charge in [0.1, 0.15) is 18.2 Å². The summed E-state index contributed by atoms with van der Waals surface area (Å²) in [5.41, 5.74) is 0.326. The number of ether oxygens (including phenoxy) is 1. The molecular formula is C26H39FO3. The van der Waals surface area contributed by atoms with Crippen molar-refractivity contribution in [3.63, 3.8) is 0 Å². The molecule has 0 heterocycles. The third-order valence-electron chi connectivity index (χ3n) is 7.59. The van der Waals surface area contributed by atoms with Gasteiger partial charge in [-0.1, -0.05) is 32.6 Å². The molecule has 0 aromatic heterocycles. The number of ketones is 1. The average Bonchev–Trinajstić information content (AvgIpc) is 2.75. The highest BCUT2D eigenvalue weighted by atomic mass is 19.1. The fraction of sp³-hybridized carbons (Fsp3) is 0.731. The van der Waals surface area contributed by atoms with Crippen LogP contribution in [0.1, 0.15) is 100 Å². The van der Waals surface area contributed by atoms with Crippen molar-refractivity contribution < 1.29 is 19.0 Å². The van der Waals surface area contributed by atoms with E-state index in [0.717, 1.165) is 30.6 Å². The average molecular weight is 419 g/mol. The molecule has 0 saturated heterocycles. The minimum Gasteiger partial charge on any atom is -0.507 e. The van der Waals surface area contributed by atoms with E-state index in [1.807, 2.05) is 6.92 Å². The summed E-state index contributed by atoms with van der Waals surface area (Å²) in [4.78, 5) is 12.8. The molecule has 0 aliphatic heterocycles. The summed E-state index contributed by atoms with van der Waals surface area (Å²) in [6, 6.07) is 3.19. The van der Waals surface area contributed by atoms with E-state index >= 15 is 0 Å². The van der Waals surface area contributed by atoms with Gasteiger partial charge < -0.3 is 9.84 Å². The Hall–Kier alpha value is -1.58. The molecule has 1 N–H and O–H groups in total. The minimum absolute atomic E-state index is 0.0752. The molecule has 168 valence electrons. The fourth-order valence-corrected chi connectivity index (χ4v) is 5.86. The lowest BCUT2D eigenvalue weighted by molar-refractivity contribution is 0.0917. The Bertz CT molecular complexity index is 686. The lowest BCUT2D eigenvalue weighted by Crippen LogP contribution is -2.26. The molecule has 0 spiro atoms. The normalized spacial score (nSPS) is 27.0. The molecule has 0 bridgehead atoms. The molecule has 2 fully saturated rings. The summed E-state index contributed by atoms with van der Waals surface area (Å²) in [7, 11) is 0. The number of benzene rings is 1. The van der Waals surface area contributed by atoms with Gasteiger partial charge in [-0.2, -0.15) is 0 Å². The van der Waals surface area contributed by atoms with Gasteiger partial charge in [-0.15, -0.1) is 0 Å². The van der Waals surface area contributed by atoms with Gasteiger partial charge in [0.25, 0.3) is 0 Å². The Labute approximate surface area is 181 Å². The second-order valence-electron chi connectivity index (χ2n) is 9.48. The van der Waals surface area contributed by atoms with E-state index in [9.17, 15) is 14.3 Å². The first-order chi connectivity index (χ1) is 14.6. The zero-order valence-electron chi connectivity index (χ0n) is 18.8. The van der Waals surface area contributed by atoms with Gasteiger partial charge in [-0.25, -0.2) is 4.39 Å². The summed E-state index contributed by atoms with van der Waals surface area (Å²) in [5.74, 6) is 3.05. The number of carbonyl (C=O) groups is 1. The second-order valence-corrected chi connectivity index (χ2v) is 9.48. The zero-order chi connectivity index (χ0) is 21.5. The molecule has 30 heavy (non-hydrogen) atoms. The van der Waals surface area contributed by atoms with Crippen molar-refractivity contribution in [3.05, 3.63) is 23.3 Å². The molecule has 4 heteroatoms. The monoisotopic (exact) mass is 418 g/mol. The number of carbonyl (C=O) groups excluding carboxylic acids is 1. The van der Waals surface area contributed by atoms with Crippen LogP contribution in [0.25, 0.3) is 0 Å². The van der Waals surface area contributed by atoms with Gasteiger partial charge in [-0.3, -0.25) is 4.79 Å². The fourth-order valence-electron chi connectivity index (χ4n) is 5.86. The number of phenolic OH excluding ortho intramolecular Hbond substituents is 1. The predicted molar refractivity (Wildman–Crippen MR) is 119 cm³/mol. The van der Waals surface area contributed by atoms with Gasteiger partial charge in [0.05, 0.1) is 17.7 Å². The topological polar surface area (TPSA) is 46.5 Å². The Morgan fingerprint density at radius 2 is 1.60 bits per heavy atom. The van der Waals surface area contributed by atoms with E-state index in [1.165, 1.54) is 51.4 Å². The first-order valence-electron chi connectivity index (χ1n) is 12.1. The number of hydrogen-bond donors (Lipinski definition) is 1. The van der Waals surface area contributed by atoms with E-state index in [4.69, 9.17) is 4.74 Å². The van der Waals surface area contributed by atoms with Crippen LogP contribution in [0.3, 0.4) is 0 Å². The van der Waals surface area contributed by atoms with Crippen molar-refractivity contribution in [2.45, 2.75) is 91.2 Å². The Morgan fingerprint density at radius 3 is 2.13 bits per heavy atom. The smallest absolute Gasteiger partial charge is 0.166 e. The molecule has 0 atom stereocenters. The largest absolute Gasteiger partial charge is 0.507 e. The van der Waals surface area contributed by atoms with Crippen molar-refractivity contribution in [2.24, 2.45) is 23.7 Å². The highest BCUT2D eigenvalue weighted by Crippen LogP contribution is 2.43. The minimum atomic E-state index is -0.839. The van der Waals surface area contributed by atoms with Gasteiger partial charge in [0, 0.05) is 6.42 Å². The molecule has 3 rings (SSSR count). The van der Waals surface area contributed by atoms with E-state index in [0.29, 0.717) is 24.7 Å². The third-order valence-corrected chi connectivity index (χ3v) is 7.59. The highest BCUT2D eigenvalue weighted by Gasteiger charge is 2.31. The van der Waals surface area contributed by atoms with Gasteiger partial charge >= 0.3 is 0 Å². The third kappa shape index (κ3) is 5.56. The molecular weight excluding hydrogens is 379 g/mol. The summed E-state index contributed by atoms with van der Waals surface area (Å²) in [6.45, 7) is 3.66. The van der Waals surface area contributed by atoms with Gasteiger partial charge in [0.15, 0.2) is 5.78 Å². The van der Waals surface area contributed by atoms with E-state index < -0.39 is 6.67 Å². The maximum atomic E-state index is 13.4. The Kier molecular flexibility index (Phi) is 8.59. The summed E-state index contributed by atoms with van der Waals surface area (Å²) in [6.07, 6.45) is 13.4. The van der Waals surface area contributed by atoms with Crippen LogP contribution >= 0.6 is 0 Å². The predicted octanol–water partition coefficient (Wildman–Crippen LogP) is 7.25. The molecule has 1 aromatic rings. The van der Waals surface area contributed by atoms with Crippen molar-refractivity contribution in [3.8, 4) is 11.5 Å². The van der Waals surface area contributed by atoms with E-state index in [1.54, 1.807) is 12.1 Å². The van der Waals surface area contributed by atoms with Gasteiger partial charge in [0.2, 0.25) is 0 Å². The number of hydrogen-bond acceptors (Lipinski definition) is 3. The van der Waals surface area contributed by atoms with Crippen molar-refractivity contribution in [2.75, 3.05) is 6.61 Å². The van der Waals surface area contributed by atoms with Crippen LogP contribution in [0.5, 0.6) is 11.5 Å². The lowest BCUT2D eigenvalue weighted by Gasteiger charge is -2.37. The summed E-state index contributed by atoms with van der Waals surface area (Å²) < 4.78 is 18.8. The van der Waals surface area contributed by atoms with Crippen LogP contribution in [0.4, 0.5) is 4.39 Å². The van der Waals surface area contributed by atoms with E-state index in [2.05, 4.69) is 6.92 Å². The van der Waals surface area contributed by atoms with E-state index in [-0.39, 0.29) is 22.7 Å². The number of aromatic hydroxyl groups is 1. The summed E-state index contributed by atoms with van der Waals surface area (Å²) in [5, 5.41) is 10.4. The van der Waals surface area contributed by atoms with Crippen LogP contribution in [0.15, 0.2) is 12.1 Å². The van der Waals surface area contributed by atoms with Crippen molar-refractivity contribution in [1.29, 1.82) is 0 Å². The maximum Gasteiger partial charge on any atom is 0.166 e. The second kappa shape index (κ2) is 11.2. The number of Topliss-reactive ketones (excluding diaryl/α,β-unsaturated/α-hetero) is 1. The molecule has 2 saturated carbocycles. The molecule has 0 unspecified atom stereocenters. The quantitative estimate of drug-likeness (QED) is 0.430. The molecule has 2 aliphatic carbocycles. The Balaban J connectivity index is 1.51. The standard InChI is InChI=1S/C26H39FO3/c1-3-5-18-6-10-20(11-7-18)21-12-8-19(9-13-21)16-24(28)22-14-15-25(30-4-2)23(17-27)26(22)29/h14-15,18-21,29H,3-13,16-17H2,1-2H3. The summed E-state index contributed by atoms with van der Waals surface area (Å²) >= 11 is 0. The first-order valence-corrected chi connectivity index (χ1v) is 12.1. The van der Waals surface area contributed by atoms with Crippen LogP contribution in [-0.2, 0) is 6.67 Å². The maximum absolute atomic E-state index is 13.4. The molecule has 0 amide bonds. The van der Waals surface area contributed by atoms with Crippen molar-refractivity contribution >= 4 is 5.78 Å². The molecule has 3 nitrogen and oxygen atoms in total. The number of phenols is 1. The van der Waals surface area contributed by atoms with Crippen LogP contribution in [-0.4, -0.2) is 17.5 Å². The number of rotatable bonds is 9. The van der Waals surface area contributed by atoms with Crippen molar-refractivity contribution in [1.82, 2.24) is 0 Å². The molecule has 0 radical (unpaired) electrons. The molecule has 1 aromatic carbocycles. The number of alkyl halides is 1. The van der Waals surface area contributed by atoms with Crippen LogP contribution in [0.2, 0.25) is 0 Å². The zero-order valence-corrected chi connectivity index (χ0v) is 18.8. The Morgan fingerprint density at radius 1 is 1.00 bits per heavy atom.